The normalized spacial score (nSPS) is 12.2. The summed E-state index contributed by atoms with van der Waals surface area (Å²) in [5.41, 5.74) is 2.59. The Balaban J connectivity index is 1.76. The molecule has 7 heteroatoms. The maximum absolute atomic E-state index is 13.4. The Bertz CT molecular complexity index is 1240. The highest BCUT2D eigenvalue weighted by atomic mass is 32.2. The summed E-state index contributed by atoms with van der Waals surface area (Å²) in [6, 6.07) is 18.9. The molecule has 0 bridgehead atoms. The molecule has 1 atom stereocenters. The largest absolute Gasteiger partial charge is 0.379 e. The zero-order valence-electron chi connectivity index (χ0n) is 21.1. The molecule has 0 N–H and O–H groups in total. The molecule has 36 heavy (non-hydrogen) atoms. The van der Waals surface area contributed by atoms with Crippen LogP contribution < -0.4 is 4.18 Å². The number of rotatable bonds is 12. The smallest absolute Gasteiger partial charge is 0.339 e. The van der Waals surface area contributed by atoms with Crippen LogP contribution in [0.2, 0.25) is 0 Å². The molecule has 0 aliphatic carbocycles. The molecule has 0 heterocycles. The number of hydrogen-bond acceptors (Lipinski definition) is 4. The van der Waals surface area contributed by atoms with Crippen LogP contribution in [0.25, 0.3) is 0 Å². The van der Waals surface area contributed by atoms with Crippen LogP contribution in [0.3, 0.4) is 0 Å². The second-order valence-electron chi connectivity index (χ2n) is 8.98. The average Bonchev–Trinajstić information content (AvgIpc) is 2.87. The highest BCUT2D eigenvalue weighted by Crippen LogP contribution is 2.23. The van der Waals surface area contributed by atoms with E-state index in [-0.39, 0.29) is 22.6 Å². The Kier molecular flexibility index (Phi) is 9.65. The minimum absolute atomic E-state index is 0.0192. The Morgan fingerprint density at radius 3 is 2.28 bits per heavy atom. The highest BCUT2D eigenvalue weighted by molar-refractivity contribution is 7.87. The average molecular weight is 512 g/mol. The van der Waals surface area contributed by atoms with Crippen molar-refractivity contribution in [2.45, 2.75) is 70.4 Å². The molecule has 3 aromatic rings. The number of benzene rings is 3. The molecule has 0 unspecified atom stereocenters. The van der Waals surface area contributed by atoms with Gasteiger partial charge in [-0.2, -0.15) is 8.42 Å². The number of nitrogens with zero attached hydrogens (tertiary/aromatic N) is 1. The number of amides is 1. The number of carbonyl (C=O) groups excluding carboxylic acids is 1. The first-order valence-electron chi connectivity index (χ1n) is 12.4. The zero-order chi connectivity index (χ0) is 26.1. The molecule has 0 radical (unpaired) electrons. The summed E-state index contributed by atoms with van der Waals surface area (Å²) in [7, 11) is -4.12. The van der Waals surface area contributed by atoms with Gasteiger partial charge in [0.15, 0.2) is 0 Å². The monoisotopic (exact) mass is 511 g/mol. The fraction of sp³-hybridized carbons (Fsp3) is 0.345. The van der Waals surface area contributed by atoms with Crippen molar-refractivity contribution in [2.24, 2.45) is 0 Å². The van der Waals surface area contributed by atoms with Gasteiger partial charge in [-0.1, -0.05) is 51.0 Å². The van der Waals surface area contributed by atoms with E-state index in [0.717, 1.165) is 49.1 Å². The molecular weight excluding hydrogens is 477 g/mol. The molecule has 0 aliphatic heterocycles. The summed E-state index contributed by atoms with van der Waals surface area (Å²) in [5.74, 6) is -0.476. The third-order valence-electron chi connectivity index (χ3n) is 6.21. The van der Waals surface area contributed by atoms with E-state index in [0.29, 0.717) is 12.1 Å². The fourth-order valence-corrected chi connectivity index (χ4v) is 4.80. The van der Waals surface area contributed by atoms with Crippen LogP contribution >= 0.6 is 0 Å². The minimum atomic E-state index is -4.12. The van der Waals surface area contributed by atoms with Gasteiger partial charge in [0.1, 0.15) is 16.5 Å². The molecule has 5 nitrogen and oxygen atoms in total. The molecule has 1 amide bonds. The lowest BCUT2D eigenvalue weighted by Gasteiger charge is -2.29. The van der Waals surface area contributed by atoms with Gasteiger partial charge in [-0.15, -0.1) is 0 Å². The van der Waals surface area contributed by atoms with E-state index in [9.17, 15) is 17.6 Å². The molecule has 0 saturated carbocycles. The van der Waals surface area contributed by atoms with Gasteiger partial charge in [0.25, 0.3) is 5.91 Å². The highest BCUT2D eigenvalue weighted by Gasteiger charge is 2.22. The summed E-state index contributed by atoms with van der Waals surface area (Å²) < 4.78 is 43.6. The van der Waals surface area contributed by atoms with Gasteiger partial charge in [0.05, 0.1) is 0 Å². The van der Waals surface area contributed by atoms with Crippen molar-refractivity contribution in [1.82, 2.24) is 4.90 Å². The van der Waals surface area contributed by atoms with Crippen molar-refractivity contribution in [3.63, 3.8) is 0 Å². The van der Waals surface area contributed by atoms with Crippen LogP contribution in [0.4, 0.5) is 4.39 Å². The number of aryl methyl sites for hydroxylation is 1. The van der Waals surface area contributed by atoms with Crippen molar-refractivity contribution in [2.75, 3.05) is 0 Å². The minimum Gasteiger partial charge on any atom is -0.379 e. The van der Waals surface area contributed by atoms with E-state index in [4.69, 9.17) is 4.18 Å². The van der Waals surface area contributed by atoms with Gasteiger partial charge < -0.3 is 9.08 Å². The maximum Gasteiger partial charge on any atom is 0.339 e. The summed E-state index contributed by atoms with van der Waals surface area (Å²) in [6.07, 6.45) is 5.28. The Labute approximate surface area is 214 Å². The summed E-state index contributed by atoms with van der Waals surface area (Å²) in [4.78, 5) is 15.1. The molecule has 0 spiro atoms. The zero-order valence-corrected chi connectivity index (χ0v) is 21.9. The van der Waals surface area contributed by atoms with Gasteiger partial charge in [0, 0.05) is 18.2 Å². The SMILES string of the molecule is CCCCCc1ccc(C(=O)N(Cc2cccc(OS(=O)(=O)c3ccc(F)cc3)c2)[C@@H](C)CC)cc1. The fourth-order valence-electron chi connectivity index (χ4n) is 3.88. The summed E-state index contributed by atoms with van der Waals surface area (Å²) in [6.45, 7) is 6.50. The van der Waals surface area contributed by atoms with E-state index >= 15 is 0 Å². The molecule has 0 aromatic heterocycles. The Morgan fingerprint density at radius 1 is 0.944 bits per heavy atom. The predicted octanol–water partition coefficient (Wildman–Crippen LogP) is 6.77. The first-order valence-corrected chi connectivity index (χ1v) is 13.8. The maximum atomic E-state index is 13.4. The second-order valence-corrected chi connectivity index (χ2v) is 10.5. The van der Waals surface area contributed by atoms with Crippen molar-refractivity contribution >= 4 is 16.0 Å². The molecule has 0 saturated heterocycles. The van der Waals surface area contributed by atoms with Crippen LogP contribution in [-0.4, -0.2) is 25.3 Å². The molecule has 0 fully saturated rings. The lowest BCUT2D eigenvalue weighted by molar-refractivity contribution is 0.0671. The third kappa shape index (κ3) is 7.40. The number of hydrogen-bond donors (Lipinski definition) is 0. The van der Waals surface area contributed by atoms with E-state index in [1.807, 2.05) is 44.2 Å². The van der Waals surface area contributed by atoms with Gasteiger partial charge >= 0.3 is 10.1 Å². The first-order chi connectivity index (χ1) is 17.2. The standard InChI is InChI=1S/C29H34FNO4S/c1-4-6-7-9-23-12-14-25(15-13-23)29(32)31(22(3)5-2)21-24-10-8-11-27(20-24)35-36(33,34)28-18-16-26(30)17-19-28/h8,10-20,22H,4-7,9,21H2,1-3H3/t22-/m0/s1. The number of halogens is 1. The van der Waals surface area contributed by atoms with Crippen molar-refractivity contribution < 1.29 is 21.8 Å². The Morgan fingerprint density at radius 2 is 1.64 bits per heavy atom. The molecule has 3 rings (SSSR count). The molecular formula is C29H34FNO4S. The van der Waals surface area contributed by atoms with E-state index < -0.39 is 15.9 Å². The molecule has 0 aliphatic rings. The lowest BCUT2D eigenvalue weighted by Crippen LogP contribution is -2.37. The van der Waals surface area contributed by atoms with Crippen LogP contribution in [0, 0.1) is 5.82 Å². The van der Waals surface area contributed by atoms with Crippen molar-refractivity contribution in [1.29, 1.82) is 0 Å². The third-order valence-corrected chi connectivity index (χ3v) is 7.47. The van der Waals surface area contributed by atoms with E-state index in [1.165, 1.54) is 24.5 Å². The van der Waals surface area contributed by atoms with Gasteiger partial charge in [-0.25, -0.2) is 4.39 Å². The van der Waals surface area contributed by atoms with Crippen LogP contribution in [0.15, 0.2) is 77.7 Å². The first kappa shape index (κ1) is 27.4. The lowest BCUT2D eigenvalue weighted by atomic mass is 10.0. The number of unbranched alkanes of at least 4 members (excludes halogenated alkanes) is 2. The molecule has 3 aromatic carbocycles. The summed E-state index contributed by atoms with van der Waals surface area (Å²) >= 11 is 0. The Hall–Kier alpha value is -3.19. The molecule has 192 valence electrons. The van der Waals surface area contributed by atoms with Gasteiger partial charge in [-0.05, 0) is 85.8 Å². The number of carbonyl (C=O) groups is 1. The second kappa shape index (κ2) is 12.7. The van der Waals surface area contributed by atoms with Crippen LogP contribution in [0.5, 0.6) is 5.75 Å². The van der Waals surface area contributed by atoms with Gasteiger partial charge in [0.2, 0.25) is 0 Å². The van der Waals surface area contributed by atoms with Crippen LogP contribution in [0.1, 0.15) is 67.9 Å². The predicted molar refractivity (Wildman–Crippen MR) is 140 cm³/mol. The quantitative estimate of drug-likeness (QED) is 0.199. The van der Waals surface area contributed by atoms with Gasteiger partial charge in [-0.3, -0.25) is 4.79 Å². The van der Waals surface area contributed by atoms with Crippen molar-refractivity contribution in [3.05, 3.63) is 95.3 Å². The van der Waals surface area contributed by atoms with Crippen molar-refractivity contribution in [3.8, 4) is 5.75 Å². The van der Waals surface area contributed by atoms with E-state index in [1.54, 1.807) is 17.0 Å². The topological polar surface area (TPSA) is 63.7 Å². The van der Waals surface area contributed by atoms with E-state index in [2.05, 4.69) is 6.92 Å². The van der Waals surface area contributed by atoms with Crippen LogP contribution in [-0.2, 0) is 23.1 Å². The summed E-state index contributed by atoms with van der Waals surface area (Å²) in [5, 5.41) is 0.